The first-order valence-corrected chi connectivity index (χ1v) is 6.82. The molecule has 0 atom stereocenters. The van der Waals surface area contributed by atoms with Crippen LogP contribution < -0.4 is 0 Å². The van der Waals surface area contributed by atoms with Gasteiger partial charge in [0, 0.05) is 27.7 Å². The lowest BCUT2D eigenvalue weighted by atomic mass is 10.1. The fraction of sp³-hybridized carbons (Fsp3) is 0.222. The van der Waals surface area contributed by atoms with Crippen LogP contribution in [0, 0.1) is 0 Å². The molecule has 0 bridgehead atoms. The molecular formula is C9H8Cl2O3S. The molecule has 0 amide bonds. The third kappa shape index (κ3) is 2.93. The lowest BCUT2D eigenvalue weighted by molar-refractivity contribution is 0.0985. The standard InChI is InChI=1S/C9H8Cl2O3S/c1-2-8(12)7-4-3-6(10)5-9(7)15(11,13)14/h3-5H,2H2,1H3. The third-order valence-electron chi connectivity index (χ3n) is 1.83. The second kappa shape index (κ2) is 4.51. The Balaban J connectivity index is 3.47. The van der Waals surface area contributed by atoms with Gasteiger partial charge in [0.2, 0.25) is 0 Å². The lowest BCUT2D eigenvalue weighted by Gasteiger charge is -2.04. The molecule has 3 nitrogen and oxygen atoms in total. The van der Waals surface area contributed by atoms with Crippen LogP contribution in [0.2, 0.25) is 5.02 Å². The lowest BCUT2D eigenvalue weighted by Crippen LogP contribution is -2.04. The largest absolute Gasteiger partial charge is 0.294 e. The molecule has 82 valence electrons. The van der Waals surface area contributed by atoms with E-state index in [-0.39, 0.29) is 27.7 Å². The predicted molar refractivity (Wildman–Crippen MR) is 59.1 cm³/mol. The third-order valence-corrected chi connectivity index (χ3v) is 3.42. The minimum Gasteiger partial charge on any atom is -0.294 e. The zero-order valence-electron chi connectivity index (χ0n) is 7.83. The Hall–Kier alpha value is -0.580. The van der Waals surface area contributed by atoms with Gasteiger partial charge in [-0.25, -0.2) is 8.42 Å². The second-order valence-corrected chi connectivity index (χ2v) is 5.83. The van der Waals surface area contributed by atoms with Gasteiger partial charge < -0.3 is 0 Å². The first kappa shape index (κ1) is 12.5. The number of Topliss-reactive ketones (excluding diaryl/α,β-unsaturated/α-hetero) is 1. The maximum atomic E-state index is 11.4. The molecule has 0 aliphatic carbocycles. The van der Waals surface area contributed by atoms with Crippen LogP contribution in [-0.2, 0) is 9.05 Å². The van der Waals surface area contributed by atoms with Crippen molar-refractivity contribution in [3.8, 4) is 0 Å². The number of carbonyl (C=O) groups excluding carboxylic acids is 1. The number of benzene rings is 1. The highest BCUT2D eigenvalue weighted by atomic mass is 35.7. The van der Waals surface area contributed by atoms with Crippen molar-refractivity contribution in [2.45, 2.75) is 18.2 Å². The molecule has 0 radical (unpaired) electrons. The quantitative estimate of drug-likeness (QED) is 0.625. The Morgan fingerprint density at radius 3 is 2.47 bits per heavy atom. The van der Waals surface area contributed by atoms with Crippen molar-refractivity contribution in [2.24, 2.45) is 0 Å². The summed E-state index contributed by atoms with van der Waals surface area (Å²) >= 11 is 5.64. The summed E-state index contributed by atoms with van der Waals surface area (Å²) in [5.41, 5.74) is 0.0805. The molecule has 6 heteroatoms. The van der Waals surface area contributed by atoms with Crippen molar-refractivity contribution in [2.75, 3.05) is 0 Å². The molecule has 0 fully saturated rings. The highest BCUT2D eigenvalue weighted by molar-refractivity contribution is 8.13. The van der Waals surface area contributed by atoms with E-state index in [4.69, 9.17) is 22.3 Å². The number of halogens is 2. The molecule has 15 heavy (non-hydrogen) atoms. The summed E-state index contributed by atoms with van der Waals surface area (Å²) in [7, 11) is 1.25. The zero-order chi connectivity index (χ0) is 11.6. The summed E-state index contributed by atoms with van der Waals surface area (Å²) in [4.78, 5) is 11.2. The van der Waals surface area contributed by atoms with E-state index in [2.05, 4.69) is 0 Å². The Morgan fingerprint density at radius 1 is 1.40 bits per heavy atom. The number of ketones is 1. The Morgan fingerprint density at radius 2 is 2.00 bits per heavy atom. The summed E-state index contributed by atoms with van der Waals surface area (Å²) in [5, 5.41) is 0.224. The number of rotatable bonds is 3. The second-order valence-electron chi connectivity index (χ2n) is 2.86. The Labute approximate surface area is 97.4 Å². The molecule has 1 rings (SSSR count). The van der Waals surface area contributed by atoms with Crippen molar-refractivity contribution in [3.63, 3.8) is 0 Å². The molecule has 0 aromatic heterocycles. The van der Waals surface area contributed by atoms with Gasteiger partial charge in [0.1, 0.15) is 0 Å². The fourth-order valence-electron chi connectivity index (χ4n) is 1.12. The monoisotopic (exact) mass is 266 g/mol. The summed E-state index contributed by atoms with van der Waals surface area (Å²) in [6, 6.07) is 3.99. The first-order valence-electron chi connectivity index (χ1n) is 4.13. The molecule has 0 heterocycles. The van der Waals surface area contributed by atoms with Gasteiger partial charge >= 0.3 is 0 Å². The van der Waals surface area contributed by atoms with Gasteiger partial charge in [-0.1, -0.05) is 18.5 Å². The number of hydrogen-bond acceptors (Lipinski definition) is 3. The van der Waals surface area contributed by atoms with Gasteiger partial charge in [-0.3, -0.25) is 4.79 Å². The van der Waals surface area contributed by atoms with E-state index in [1.165, 1.54) is 18.2 Å². The van der Waals surface area contributed by atoms with Gasteiger partial charge in [-0.05, 0) is 18.2 Å². The summed E-state index contributed by atoms with van der Waals surface area (Å²) < 4.78 is 22.4. The van der Waals surface area contributed by atoms with Crippen LogP contribution in [0.5, 0.6) is 0 Å². The Bertz CT molecular complexity index is 494. The van der Waals surface area contributed by atoms with E-state index in [1.54, 1.807) is 6.92 Å². The van der Waals surface area contributed by atoms with Gasteiger partial charge in [0.05, 0.1) is 4.90 Å². The zero-order valence-corrected chi connectivity index (χ0v) is 10.2. The molecule has 0 aliphatic rings. The highest BCUT2D eigenvalue weighted by Gasteiger charge is 2.19. The molecule has 0 aliphatic heterocycles. The number of hydrogen-bond donors (Lipinski definition) is 0. The molecule has 0 unspecified atom stereocenters. The topological polar surface area (TPSA) is 51.2 Å². The van der Waals surface area contributed by atoms with Crippen molar-refractivity contribution in [3.05, 3.63) is 28.8 Å². The minimum atomic E-state index is -3.94. The van der Waals surface area contributed by atoms with Gasteiger partial charge in [0.15, 0.2) is 5.78 Å². The van der Waals surface area contributed by atoms with E-state index in [0.717, 1.165) is 0 Å². The van der Waals surface area contributed by atoms with E-state index in [1.807, 2.05) is 0 Å². The fourth-order valence-corrected chi connectivity index (χ4v) is 2.45. The molecule has 0 spiro atoms. The molecule has 1 aromatic carbocycles. The van der Waals surface area contributed by atoms with Crippen LogP contribution in [0.3, 0.4) is 0 Å². The summed E-state index contributed by atoms with van der Waals surface area (Å²) in [6.07, 6.45) is 0.209. The van der Waals surface area contributed by atoms with Gasteiger partial charge in [-0.2, -0.15) is 0 Å². The maximum Gasteiger partial charge on any atom is 0.262 e. The van der Waals surface area contributed by atoms with E-state index < -0.39 is 9.05 Å². The van der Waals surface area contributed by atoms with Crippen LogP contribution in [0.25, 0.3) is 0 Å². The summed E-state index contributed by atoms with van der Waals surface area (Å²) in [6.45, 7) is 1.64. The molecule has 0 saturated carbocycles. The first-order chi connectivity index (χ1) is 6.86. The highest BCUT2D eigenvalue weighted by Crippen LogP contribution is 2.24. The van der Waals surface area contributed by atoms with Crippen LogP contribution in [0.15, 0.2) is 23.1 Å². The van der Waals surface area contributed by atoms with Gasteiger partial charge in [-0.15, -0.1) is 0 Å². The summed E-state index contributed by atoms with van der Waals surface area (Å²) in [5.74, 6) is -0.286. The predicted octanol–water partition coefficient (Wildman–Crippen LogP) is 2.86. The maximum absolute atomic E-state index is 11.4. The average Bonchev–Trinajstić information content (AvgIpc) is 2.15. The molecule has 0 N–H and O–H groups in total. The molecule has 0 saturated heterocycles. The van der Waals surface area contributed by atoms with Crippen LogP contribution in [-0.4, -0.2) is 14.2 Å². The van der Waals surface area contributed by atoms with Gasteiger partial charge in [0.25, 0.3) is 9.05 Å². The van der Waals surface area contributed by atoms with Crippen molar-refractivity contribution >= 4 is 37.1 Å². The SMILES string of the molecule is CCC(=O)c1ccc(Cl)cc1S(=O)(=O)Cl. The average molecular weight is 267 g/mol. The van der Waals surface area contributed by atoms with E-state index >= 15 is 0 Å². The van der Waals surface area contributed by atoms with Crippen molar-refractivity contribution in [1.82, 2.24) is 0 Å². The van der Waals surface area contributed by atoms with Crippen LogP contribution in [0.1, 0.15) is 23.7 Å². The number of carbonyl (C=O) groups is 1. The molecule has 1 aromatic rings. The van der Waals surface area contributed by atoms with E-state index in [9.17, 15) is 13.2 Å². The smallest absolute Gasteiger partial charge is 0.262 e. The van der Waals surface area contributed by atoms with Crippen LogP contribution >= 0.6 is 22.3 Å². The van der Waals surface area contributed by atoms with Crippen LogP contribution in [0.4, 0.5) is 0 Å². The van der Waals surface area contributed by atoms with Crippen molar-refractivity contribution in [1.29, 1.82) is 0 Å². The Kier molecular flexibility index (Phi) is 3.76. The molecular weight excluding hydrogens is 259 g/mol. The minimum absolute atomic E-state index is 0.0805. The normalized spacial score (nSPS) is 11.4. The van der Waals surface area contributed by atoms with Crippen molar-refractivity contribution < 1.29 is 13.2 Å². The van der Waals surface area contributed by atoms with E-state index in [0.29, 0.717) is 0 Å².